The van der Waals surface area contributed by atoms with Crippen LogP contribution in [0.4, 0.5) is 0 Å². The lowest BCUT2D eigenvalue weighted by Crippen LogP contribution is -2.03. The molecule has 0 atom stereocenters. The molecule has 0 radical (unpaired) electrons. The van der Waals surface area contributed by atoms with Gasteiger partial charge in [-0.05, 0) is 54.3 Å². The van der Waals surface area contributed by atoms with Gasteiger partial charge in [0.1, 0.15) is 11.5 Å². The van der Waals surface area contributed by atoms with Gasteiger partial charge < -0.3 is 18.8 Å². The Morgan fingerprint density at radius 2 is 1.68 bits per heavy atom. The summed E-state index contributed by atoms with van der Waals surface area (Å²) >= 11 is 0. The first kappa shape index (κ1) is 24.1. The van der Waals surface area contributed by atoms with Gasteiger partial charge in [-0.3, -0.25) is 0 Å². The lowest BCUT2D eigenvalue weighted by Gasteiger charge is -2.08. The second-order valence-electron chi connectivity index (χ2n) is 8.97. The second-order valence-corrected chi connectivity index (χ2v) is 8.97. The Bertz CT molecular complexity index is 1490. The van der Waals surface area contributed by atoms with Crippen molar-refractivity contribution in [1.82, 2.24) is 9.55 Å². The largest absolute Gasteiger partial charge is 0.493 e. The molecule has 186 valence electrons. The number of rotatable bonds is 10. The first-order valence-electron chi connectivity index (χ1n) is 12.2. The van der Waals surface area contributed by atoms with Crippen molar-refractivity contribution in [2.24, 2.45) is 0 Å². The zero-order chi connectivity index (χ0) is 25.6. The summed E-state index contributed by atoms with van der Waals surface area (Å²) in [5, 5.41) is 9.75. The molecular weight excluding hydrogens is 464 g/mol. The summed E-state index contributed by atoms with van der Waals surface area (Å²) in [4.78, 5) is 16.5. The number of carboxylic acids is 1. The first-order valence-corrected chi connectivity index (χ1v) is 12.2. The smallest absolute Gasteiger partial charge is 0.337 e. The van der Waals surface area contributed by atoms with E-state index < -0.39 is 5.97 Å². The minimum absolute atomic E-state index is 0.318. The van der Waals surface area contributed by atoms with Crippen LogP contribution in [-0.4, -0.2) is 27.2 Å². The Balaban J connectivity index is 1.23. The number of oxazole rings is 1. The molecule has 5 aromatic rings. The highest BCUT2D eigenvalue weighted by Gasteiger charge is 2.15. The fourth-order valence-electron chi connectivity index (χ4n) is 4.37. The van der Waals surface area contributed by atoms with E-state index in [4.69, 9.17) is 9.15 Å². The zero-order valence-corrected chi connectivity index (χ0v) is 20.6. The standard InChI is InChI=1S/C31H28N2O4/c1-22-29(32-30(37-22)25-12-6-3-7-13-25)15-16-36-27-14-8-11-24(18-27)17-26-20-33(21-28(26)31(34)35)19-23-9-4-2-5-10-23/h2-14,18,20-21H,15-17,19H2,1H3,(H,34,35). The lowest BCUT2D eigenvalue weighted by atomic mass is 10.0. The van der Waals surface area contributed by atoms with Crippen LogP contribution >= 0.6 is 0 Å². The van der Waals surface area contributed by atoms with Crippen molar-refractivity contribution in [3.05, 3.63) is 131 Å². The van der Waals surface area contributed by atoms with Crippen LogP contribution in [0, 0.1) is 6.92 Å². The van der Waals surface area contributed by atoms with Crippen LogP contribution in [0.2, 0.25) is 0 Å². The molecular formula is C31H28N2O4. The molecule has 0 aliphatic rings. The van der Waals surface area contributed by atoms with Crippen molar-refractivity contribution in [3.63, 3.8) is 0 Å². The SMILES string of the molecule is Cc1oc(-c2ccccc2)nc1CCOc1cccc(Cc2cn(Cc3ccccc3)cc2C(=O)O)c1. The number of aromatic carboxylic acids is 1. The summed E-state index contributed by atoms with van der Waals surface area (Å²) in [7, 11) is 0. The number of ether oxygens (including phenoxy) is 1. The van der Waals surface area contributed by atoms with E-state index in [2.05, 4.69) is 4.98 Å². The third-order valence-electron chi connectivity index (χ3n) is 6.21. The molecule has 0 saturated heterocycles. The maximum absolute atomic E-state index is 11.9. The van der Waals surface area contributed by atoms with Gasteiger partial charge in [0.05, 0.1) is 17.9 Å². The highest BCUT2D eigenvalue weighted by Crippen LogP contribution is 2.23. The molecule has 6 nitrogen and oxygen atoms in total. The number of carbonyl (C=O) groups is 1. The lowest BCUT2D eigenvalue weighted by molar-refractivity contribution is 0.0696. The van der Waals surface area contributed by atoms with Gasteiger partial charge >= 0.3 is 5.97 Å². The van der Waals surface area contributed by atoms with Crippen molar-refractivity contribution in [2.45, 2.75) is 26.3 Å². The quantitative estimate of drug-likeness (QED) is 0.244. The van der Waals surface area contributed by atoms with Crippen molar-refractivity contribution in [3.8, 4) is 17.2 Å². The molecule has 1 N–H and O–H groups in total. The minimum Gasteiger partial charge on any atom is -0.493 e. The molecule has 2 aromatic heterocycles. The van der Waals surface area contributed by atoms with Gasteiger partial charge in [-0.2, -0.15) is 0 Å². The molecule has 0 saturated carbocycles. The van der Waals surface area contributed by atoms with Gasteiger partial charge in [-0.15, -0.1) is 0 Å². The Labute approximate surface area is 215 Å². The Kier molecular flexibility index (Phi) is 7.17. The van der Waals surface area contributed by atoms with E-state index in [1.54, 1.807) is 6.20 Å². The summed E-state index contributed by atoms with van der Waals surface area (Å²) in [6.07, 6.45) is 4.75. The van der Waals surface area contributed by atoms with Crippen molar-refractivity contribution in [1.29, 1.82) is 0 Å². The maximum atomic E-state index is 11.9. The van der Waals surface area contributed by atoms with Crippen molar-refractivity contribution in [2.75, 3.05) is 6.61 Å². The minimum atomic E-state index is -0.924. The zero-order valence-electron chi connectivity index (χ0n) is 20.6. The Morgan fingerprint density at radius 1 is 0.946 bits per heavy atom. The van der Waals surface area contributed by atoms with Gasteiger partial charge in [0.25, 0.3) is 0 Å². The molecule has 3 aromatic carbocycles. The third kappa shape index (κ3) is 5.98. The van der Waals surface area contributed by atoms with E-state index in [9.17, 15) is 9.90 Å². The molecule has 0 spiro atoms. The summed E-state index contributed by atoms with van der Waals surface area (Å²) in [5.41, 5.74) is 5.02. The van der Waals surface area contributed by atoms with Crippen molar-refractivity contribution >= 4 is 5.97 Å². The number of benzene rings is 3. The normalized spacial score (nSPS) is 10.9. The summed E-state index contributed by atoms with van der Waals surface area (Å²) in [5.74, 6) is 1.22. The fraction of sp³-hybridized carbons (Fsp3) is 0.161. The molecule has 0 bridgehead atoms. The average molecular weight is 493 g/mol. The van der Waals surface area contributed by atoms with Crippen LogP contribution in [0.25, 0.3) is 11.5 Å². The van der Waals surface area contributed by atoms with E-state index in [0.29, 0.717) is 37.4 Å². The number of hydrogen-bond donors (Lipinski definition) is 1. The van der Waals surface area contributed by atoms with E-state index in [1.807, 2.05) is 103 Å². The molecule has 2 heterocycles. The number of aromatic nitrogens is 2. The number of hydrogen-bond acceptors (Lipinski definition) is 4. The van der Waals surface area contributed by atoms with Crippen LogP contribution in [0.5, 0.6) is 5.75 Å². The monoisotopic (exact) mass is 492 g/mol. The van der Waals surface area contributed by atoms with Crippen LogP contribution in [0.15, 0.2) is 102 Å². The van der Waals surface area contributed by atoms with E-state index in [1.165, 1.54) is 0 Å². The molecule has 6 heteroatoms. The van der Waals surface area contributed by atoms with Crippen molar-refractivity contribution < 1.29 is 19.1 Å². The van der Waals surface area contributed by atoms with Gasteiger partial charge in [0.15, 0.2) is 0 Å². The van der Waals surface area contributed by atoms with E-state index in [0.717, 1.165) is 39.5 Å². The van der Waals surface area contributed by atoms with Crippen LogP contribution in [-0.2, 0) is 19.4 Å². The Hall–Kier alpha value is -4.58. The van der Waals surface area contributed by atoms with E-state index in [-0.39, 0.29) is 0 Å². The van der Waals surface area contributed by atoms with Gasteiger partial charge in [0, 0.05) is 30.9 Å². The van der Waals surface area contributed by atoms with Crippen LogP contribution < -0.4 is 4.74 Å². The first-order chi connectivity index (χ1) is 18.0. The number of nitrogens with zero attached hydrogens (tertiary/aromatic N) is 2. The predicted octanol–water partition coefficient (Wildman–Crippen LogP) is 6.41. The predicted molar refractivity (Wildman–Crippen MR) is 142 cm³/mol. The van der Waals surface area contributed by atoms with Crippen LogP contribution in [0.3, 0.4) is 0 Å². The number of aryl methyl sites for hydroxylation is 1. The van der Waals surface area contributed by atoms with Crippen LogP contribution in [0.1, 0.15) is 38.5 Å². The molecule has 0 fully saturated rings. The molecule has 0 aliphatic carbocycles. The summed E-state index contributed by atoms with van der Waals surface area (Å²) < 4.78 is 13.8. The summed E-state index contributed by atoms with van der Waals surface area (Å²) in [6, 6.07) is 27.6. The molecule has 5 rings (SSSR count). The summed E-state index contributed by atoms with van der Waals surface area (Å²) in [6.45, 7) is 3.00. The van der Waals surface area contributed by atoms with Gasteiger partial charge in [-0.1, -0.05) is 60.7 Å². The Morgan fingerprint density at radius 3 is 2.43 bits per heavy atom. The average Bonchev–Trinajstić information content (AvgIpc) is 3.48. The van der Waals surface area contributed by atoms with Gasteiger partial charge in [0.2, 0.25) is 5.89 Å². The fourth-order valence-corrected chi connectivity index (χ4v) is 4.37. The second kappa shape index (κ2) is 11.0. The highest BCUT2D eigenvalue weighted by atomic mass is 16.5. The molecule has 0 amide bonds. The maximum Gasteiger partial charge on any atom is 0.337 e. The topological polar surface area (TPSA) is 77.5 Å². The molecule has 0 aliphatic heterocycles. The number of carboxylic acid groups (broad SMARTS) is 1. The molecule has 0 unspecified atom stereocenters. The van der Waals surface area contributed by atoms with Gasteiger partial charge in [-0.25, -0.2) is 9.78 Å². The molecule has 37 heavy (non-hydrogen) atoms. The van der Waals surface area contributed by atoms with E-state index >= 15 is 0 Å². The third-order valence-corrected chi connectivity index (χ3v) is 6.21. The highest BCUT2D eigenvalue weighted by molar-refractivity contribution is 5.89.